The van der Waals surface area contributed by atoms with Gasteiger partial charge in [0.1, 0.15) is 6.04 Å². The Morgan fingerprint density at radius 3 is 2.50 bits per heavy atom. The zero-order chi connectivity index (χ0) is 12.6. The van der Waals surface area contributed by atoms with Crippen molar-refractivity contribution >= 4 is 11.8 Å². The summed E-state index contributed by atoms with van der Waals surface area (Å²) in [5, 5.41) is 11.3. The second-order valence-electron chi connectivity index (χ2n) is 3.46. The lowest BCUT2D eigenvalue weighted by Crippen LogP contribution is -2.48. The van der Waals surface area contributed by atoms with Gasteiger partial charge in [0.05, 0.1) is 13.2 Å². The summed E-state index contributed by atoms with van der Waals surface area (Å²) < 4.78 is 4.87. The Kier molecular flexibility index (Phi) is 7.49. The van der Waals surface area contributed by atoms with Gasteiger partial charge in [-0.05, 0) is 6.92 Å². The van der Waals surface area contributed by atoms with E-state index in [0.717, 1.165) is 0 Å². The van der Waals surface area contributed by atoms with Gasteiger partial charge in [-0.15, -0.1) is 0 Å². The maximum Gasteiger partial charge on any atom is 0.245 e. The molecule has 0 rings (SSSR count). The average molecular weight is 232 g/mol. The number of aliphatic hydroxyl groups is 1. The molecule has 1 unspecified atom stereocenters. The molecule has 0 saturated carbocycles. The summed E-state index contributed by atoms with van der Waals surface area (Å²) >= 11 is 0. The van der Waals surface area contributed by atoms with Gasteiger partial charge in [-0.1, -0.05) is 0 Å². The lowest BCUT2D eigenvalue weighted by atomic mass is 10.2. The fourth-order valence-corrected chi connectivity index (χ4v) is 1.29. The second kappa shape index (κ2) is 8.06. The van der Waals surface area contributed by atoms with E-state index in [4.69, 9.17) is 9.84 Å². The predicted octanol–water partition coefficient (Wildman–Crippen LogP) is -1.02. The molecule has 16 heavy (non-hydrogen) atoms. The topological polar surface area (TPSA) is 78.9 Å². The van der Waals surface area contributed by atoms with Crippen molar-refractivity contribution in [3.05, 3.63) is 0 Å². The van der Waals surface area contributed by atoms with Crippen LogP contribution in [0.4, 0.5) is 0 Å². The van der Waals surface area contributed by atoms with E-state index >= 15 is 0 Å². The molecule has 0 aliphatic rings. The molecule has 2 amide bonds. The minimum Gasteiger partial charge on any atom is -0.395 e. The molecule has 0 aromatic carbocycles. The number of amides is 2. The standard InChI is InChI=1S/C10H20N2O4/c1-8(11-9(2)14)10(15)12(4-6-13)5-7-16-3/h8,13H,4-7H2,1-3H3,(H,11,14). The third-order valence-electron chi connectivity index (χ3n) is 2.04. The highest BCUT2D eigenvalue weighted by Crippen LogP contribution is 1.95. The summed E-state index contributed by atoms with van der Waals surface area (Å²) in [6.07, 6.45) is 0. The Morgan fingerprint density at radius 2 is 2.06 bits per heavy atom. The summed E-state index contributed by atoms with van der Waals surface area (Å²) in [4.78, 5) is 24.1. The van der Waals surface area contributed by atoms with Gasteiger partial charge >= 0.3 is 0 Å². The zero-order valence-corrected chi connectivity index (χ0v) is 10.0. The molecular weight excluding hydrogens is 212 g/mol. The van der Waals surface area contributed by atoms with Crippen LogP contribution in [0.25, 0.3) is 0 Å². The number of nitrogens with one attached hydrogen (secondary N) is 1. The predicted molar refractivity (Wildman–Crippen MR) is 58.8 cm³/mol. The van der Waals surface area contributed by atoms with Gasteiger partial charge in [0.15, 0.2) is 0 Å². The van der Waals surface area contributed by atoms with Crippen molar-refractivity contribution in [2.75, 3.05) is 33.4 Å². The molecule has 0 fully saturated rings. The van der Waals surface area contributed by atoms with Crippen molar-refractivity contribution in [3.63, 3.8) is 0 Å². The van der Waals surface area contributed by atoms with E-state index in [1.54, 1.807) is 14.0 Å². The first kappa shape index (κ1) is 14.9. The number of carbonyl (C=O) groups excluding carboxylic acids is 2. The molecule has 1 atom stereocenters. The van der Waals surface area contributed by atoms with Crippen LogP contribution in [0.1, 0.15) is 13.8 Å². The highest BCUT2D eigenvalue weighted by atomic mass is 16.5. The molecule has 94 valence electrons. The summed E-state index contributed by atoms with van der Waals surface area (Å²) in [5.74, 6) is -0.474. The molecule has 0 aliphatic carbocycles. The quantitative estimate of drug-likeness (QED) is 0.589. The van der Waals surface area contributed by atoms with Crippen LogP contribution in [0.2, 0.25) is 0 Å². The van der Waals surface area contributed by atoms with E-state index in [0.29, 0.717) is 13.2 Å². The van der Waals surface area contributed by atoms with Crippen LogP contribution < -0.4 is 5.32 Å². The first-order chi connectivity index (χ1) is 7.52. The summed E-state index contributed by atoms with van der Waals surface area (Å²) in [6, 6.07) is -0.582. The van der Waals surface area contributed by atoms with Crippen LogP contribution in [0.15, 0.2) is 0 Å². The highest BCUT2D eigenvalue weighted by molar-refractivity contribution is 5.86. The van der Waals surface area contributed by atoms with Gasteiger partial charge in [0.2, 0.25) is 11.8 Å². The largest absolute Gasteiger partial charge is 0.395 e. The fraction of sp³-hybridized carbons (Fsp3) is 0.800. The van der Waals surface area contributed by atoms with E-state index in [-0.39, 0.29) is 25.0 Å². The van der Waals surface area contributed by atoms with E-state index in [1.165, 1.54) is 11.8 Å². The van der Waals surface area contributed by atoms with Crippen molar-refractivity contribution < 1.29 is 19.4 Å². The summed E-state index contributed by atoms with van der Waals surface area (Å²) in [5.41, 5.74) is 0. The van der Waals surface area contributed by atoms with Crippen LogP contribution >= 0.6 is 0 Å². The molecule has 0 aliphatic heterocycles. The molecule has 6 heteroatoms. The first-order valence-corrected chi connectivity index (χ1v) is 5.18. The number of methoxy groups -OCH3 is 1. The number of hydrogen-bond acceptors (Lipinski definition) is 4. The maximum atomic E-state index is 11.8. The fourth-order valence-electron chi connectivity index (χ4n) is 1.29. The van der Waals surface area contributed by atoms with Gasteiger partial charge < -0.3 is 20.1 Å². The third-order valence-corrected chi connectivity index (χ3v) is 2.04. The molecule has 0 heterocycles. The lowest BCUT2D eigenvalue weighted by molar-refractivity contribution is -0.136. The van der Waals surface area contributed by atoms with Gasteiger partial charge in [-0.2, -0.15) is 0 Å². The van der Waals surface area contributed by atoms with Crippen LogP contribution in [0.5, 0.6) is 0 Å². The number of nitrogens with zero attached hydrogens (tertiary/aromatic N) is 1. The monoisotopic (exact) mass is 232 g/mol. The number of rotatable bonds is 7. The van der Waals surface area contributed by atoms with Crippen LogP contribution in [-0.4, -0.2) is 61.3 Å². The first-order valence-electron chi connectivity index (χ1n) is 5.18. The molecule has 6 nitrogen and oxygen atoms in total. The van der Waals surface area contributed by atoms with Crippen molar-refractivity contribution in [2.24, 2.45) is 0 Å². The number of aliphatic hydroxyl groups excluding tert-OH is 1. The zero-order valence-electron chi connectivity index (χ0n) is 10.0. The molecule has 0 radical (unpaired) electrons. The minimum absolute atomic E-state index is 0.109. The molecule has 0 aromatic heterocycles. The van der Waals surface area contributed by atoms with Crippen LogP contribution in [-0.2, 0) is 14.3 Å². The molecular formula is C10H20N2O4. The third kappa shape index (κ3) is 5.67. The normalized spacial score (nSPS) is 12.0. The Labute approximate surface area is 95.6 Å². The van der Waals surface area contributed by atoms with E-state index in [2.05, 4.69) is 5.32 Å². The minimum atomic E-state index is -0.582. The van der Waals surface area contributed by atoms with Gasteiger partial charge in [0.25, 0.3) is 0 Å². The van der Waals surface area contributed by atoms with Crippen LogP contribution in [0, 0.1) is 0 Å². The molecule has 0 spiro atoms. The van der Waals surface area contributed by atoms with E-state index in [1.807, 2.05) is 0 Å². The van der Waals surface area contributed by atoms with E-state index in [9.17, 15) is 9.59 Å². The average Bonchev–Trinajstić information content (AvgIpc) is 2.22. The lowest BCUT2D eigenvalue weighted by Gasteiger charge is -2.25. The number of carbonyl (C=O) groups is 2. The Bertz CT molecular complexity index is 233. The molecule has 0 saturated heterocycles. The SMILES string of the molecule is COCCN(CCO)C(=O)C(C)NC(C)=O. The van der Waals surface area contributed by atoms with Gasteiger partial charge in [-0.25, -0.2) is 0 Å². The number of ether oxygens (including phenoxy) is 1. The van der Waals surface area contributed by atoms with Gasteiger partial charge in [-0.3, -0.25) is 9.59 Å². The Balaban J connectivity index is 4.28. The highest BCUT2D eigenvalue weighted by Gasteiger charge is 2.20. The summed E-state index contributed by atoms with van der Waals surface area (Å²) in [6.45, 7) is 3.91. The van der Waals surface area contributed by atoms with Crippen molar-refractivity contribution in [2.45, 2.75) is 19.9 Å². The number of hydrogen-bond donors (Lipinski definition) is 2. The smallest absolute Gasteiger partial charge is 0.245 e. The van der Waals surface area contributed by atoms with Crippen LogP contribution in [0.3, 0.4) is 0 Å². The summed E-state index contributed by atoms with van der Waals surface area (Å²) in [7, 11) is 1.54. The maximum absolute atomic E-state index is 11.8. The van der Waals surface area contributed by atoms with Gasteiger partial charge in [0, 0.05) is 27.1 Å². The van der Waals surface area contributed by atoms with Crippen molar-refractivity contribution in [1.82, 2.24) is 10.2 Å². The Morgan fingerprint density at radius 1 is 1.44 bits per heavy atom. The van der Waals surface area contributed by atoms with E-state index < -0.39 is 6.04 Å². The molecule has 0 bridgehead atoms. The molecule has 2 N–H and O–H groups in total. The Hall–Kier alpha value is -1.14. The molecule has 0 aromatic rings. The van der Waals surface area contributed by atoms with Crippen molar-refractivity contribution in [3.8, 4) is 0 Å². The van der Waals surface area contributed by atoms with Crippen molar-refractivity contribution in [1.29, 1.82) is 0 Å². The second-order valence-corrected chi connectivity index (χ2v) is 3.46.